The van der Waals surface area contributed by atoms with Gasteiger partial charge in [0.2, 0.25) is 12.7 Å². The van der Waals surface area contributed by atoms with Crippen LogP contribution in [-0.2, 0) is 11.2 Å². The molecule has 1 aliphatic heterocycles. The SMILES string of the molecule is CCNCC(=O)N(C)CCc1ccc2c(c1)OCO2. The van der Waals surface area contributed by atoms with Gasteiger partial charge in [0.25, 0.3) is 0 Å². The highest BCUT2D eigenvalue weighted by Gasteiger charge is 2.14. The van der Waals surface area contributed by atoms with Crippen molar-refractivity contribution in [3.63, 3.8) is 0 Å². The number of fused-ring (bicyclic) bond motifs is 1. The summed E-state index contributed by atoms with van der Waals surface area (Å²) in [6.45, 7) is 4.18. The van der Waals surface area contributed by atoms with Gasteiger partial charge in [-0.05, 0) is 30.7 Å². The van der Waals surface area contributed by atoms with Gasteiger partial charge in [-0.3, -0.25) is 4.79 Å². The Morgan fingerprint density at radius 3 is 2.95 bits per heavy atom. The van der Waals surface area contributed by atoms with Crippen LogP contribution in [0.25, 0.3) is 0 Å². The number of hydrogen-bond acceptors (Lipinski definition) is 4. The molecule has 0 aromatic heterocycles. The highest BCUT2D eigenvalue weighted by Crippen LogP contribution is 2.32. The van der Waals surface area contributed by atoms with Gasteiger partial charge in [-0.15, -0.1) is 0 Å². The Labute approximate surface area is 113 Å². The Kier molecular flexibility index (Phi) is 4.63. The third-order valence-electron chi connectivity index (χ3n) is 3.12. The smallest absolute Gasteiger partial charge is 0.236 e. The number of likely N-dealkylation sites (N-methyl/N-ethyl adjacent to an activating group) is 2. The van der Waals surface area contributed by atoms with Gasteiger partial charge in [-0.25, -0.2) is 0 Å². The van der Waals surface area contributed by atoms with E-state index in [4.69, 9.17) is 9.47 Å². The molecule has 0 saturated carbocycles. The summed E-state index contributed by atoms with van der Waals surface area (Å²) in [5, 5.41) is 3.03. The predicted molar refractivity (Wildman–Crippen MR) is 72.4 cm³/mol. The molecule has 5 nitrogen and oxygen atoms in total. The van der Waals surface area contributed by atoms with Gasteiger partial charge in [0, 0.05) is 13.6 Å². The van der Waals surface area contributed by atoms with E-state index in [9.17, 15) is 4.79 Å². The first-order valence-corrected chi connectivity index (χ1v) is 6.54. The normalized spacial score (nSPS) is 12.5. The number of benzene rings is 1. The van der Waals surface area contributed by atoms with Crippen LogP contribution in [0.2, 0.25) is 0 Å². The maximum absolute atomic E-state index is 11.7. The van der Waals surface area contributed by atoms with Crippen LogP contribution in [0.5, 0.6) is 11.5 Å². The number of nitrogens with zero attached hydrogens (tertiary/aromatic N) is 1. The molecule has 104 valence electrons. The molecular formula is C14H20N2O3. The third-order valence-corrected chi connectivity index (χ3v) is 3.12. The van der Waals surface area contributed by atoms with Gasteiger partial charge in [0.15, 0.2) is 11.5 Å². The second-order valence-electron chi connectivity index (χ2n) is 4.53. The summed E-state index contributed by atoms with van der Waals surface area (Å²) < 4.78 is 10.6. The van der Waals surface area contributed by atoms with Crippen LogP contribution < -0.4 is 14.8 Å². The fourth-order valence-corrected chi connectivity index (χ4v) is 1.88. The zero-order valence-electron chi connectivity index (χ0n) is 11.4. The van der Waals surface area contributed by atoms with Crippen molar-refractivity contribution >= 4 is 5.91 Å². The molecule has 1 aliphatic rings. The van der Waals surface area contributed by atoms with Crippen LogP contribution in [0.3, 0.4) is 0 Å². The van der Waals surface area contributed by atoms with Crippen LogP contribution in [-0.4, -0.2) is 44.3 Å². The summed E-state index contributed by atoms with van der Waals surface area (Å²) in [6, 6.07) is 5.90. The molecule has 19 heavy (non-hydrogen) atoms. The average Bonchev–Trinajstić information content (AvgIpc) is 2.89. The monoisotopic (exact) mass is 264 g/mol. The van der Waals surface area contributed by atoms with E-state index >= 15 is 0 Å². The molecule has 0 aliphatic carbocycles. The minimum absolute atomic E-state index is 0.114. The summed E-state index contributed by atoms with van der Waals surface area (Å²) in [5.41, 5.74) is 1.15. The molecule has 0 fully saturated rings. The maximum atomic E-state index is 11.7. The zero-order chi connectivity index (χ0) is 13.7. The third kappa shape index (κ3) is 3.61. The van der Waals surface area contributed by atoms with E-state index < -0.39 is 0 Å². The first-order chi connectivity index (χ1) is 9.20. The average molecular weight is 264 g/mol. The van der Waals surface area contributed by atoms with Crippen molar-refractivity contribution in [2.24, 2.45) is 0 Å². The lowest BCUT2D eigenvalue weighted by molar-refractivity contribution is -0.128. The fourth-order valence-electron chi connectivity index (χ4n) is 1.88. The molecule has 5 heteroatoms. The Morgan fingerprint density at radius 1 is 1.37 bits per heavy atom. The summed E-state index contributed by atoms with van der Waals surface area (Å²) in [6.07, 6.45) is 0.811. The van der Waals surface area contributed by atoms with E-state index in [1.807, 2.05) is 32.2 Å². The Bertz CT molecular complexity index is 448. The Balaban J connectivity index is 1.83. The van der Waals surface area contributed by atoms with Crippen LogP contribution in [0.15, 0.2) is 18.2 Å². The number of ether oxygens (including phenoxy) is 2. The summed E-state index contributed by atoms with van der Waals surface area (Å²) in [7, 11) is 1.83. The second-order valence-corrected chi connectivity index (χ2v) is 4.53. The molecule has 2 rings (SSSR count). The Morgan fingerprint density at radius 2 is 2.16 bits per heavy atom. The molecule has 0 saturated heterocycles. The number of carbonyl (C=O) groups is 1. The van der Waals surface area contributed by atoms with Crippen molar-refractivity contribution in [1.82, 2.24) is 10.2 Å². The predicted octanol–water partition coefficient (Wildman–Crippen LogP) is 1.03. The van der Waals surface area contributed by atoms with Crippen molar-refractivity contribution in [3.05, 3.63) is 23.8 Å². The van der Waals surface area contributed by atoms with Crippen LogP contribution in [0.4, 0.5) is 0 Å². The number of amides is 1. The minimum atomic E-state index is 0.114. The van der Waals surface area contributed by atoms with Crippen LogP contribution >= 0.6 is 0 Å². The molecule has 0 radical (unpaired) electrons. The maximum Gasteiger partial charge on any atom is 0.236 e. The molecule has 1 N–H and O–H groups in total. The van der Waals surface area contributed by atoms with Crippen molar-refractivity contribution in [2.45, 2.75) is 13.3 Å². The van der Waals surface area contributed by atoms with Crippen molar-refractivity contribution in [1.29, 1.82) is 0 Å². The van der Waals surface area contributed by atoms with E-state index in [2.05, 4.69) is 5.32 Å². The van der Waals surface area contributed by atoms with Crippen molar-refractivity contribution in [3.8, 4) is 11.5 Å². The first kappa shape index (κ1) is 13.7. The number of rotatable bonds is 6. The van der Waals surface area contributed by atoms with Gasteiger partial charge in [-0.1, -0.05) is 13.0 Å². The highest BCUT2D eigenvalue weighted by molar-refractivity contribution is 5.77. The van der Waals surface area contributed by atoms with E-state index in [0.29, 0.717) is 19.9 Å². The molecule has 0 atom stereocenters. The first-order valence-electron chi connectivity index (χ1n) is 6.54. The number of carbonyl (C=O) groups excluding carboxylic acids is 1. The second kappa shape index (κ2) is 6.43. The summed E-state index contributed by atoms with van der Waals surface area (Å²) in [5.74, 6) is 1.70. The van der Waals surface area contributed by atoms with Crippen LogP contribution in [0.1, 0.15) is 12.5 Å². The lowest BCUT2D eigenvalue weighted by Crippen LogP contribution is -2.36. The molecule has 0 bridgehead atoms. The fraction of sp³-hybridized carbons (Fsp3) is 0.500. The van der Waals surface area contributed by atoms with Crippen molar-refractivity contribution in [2.75, 3.05) is 33.5 Å². The standard InChI is InChI=1S/C14H20N2O3/c1-3-15-9-14(17)16(2)7-6-11-4-5-12-13(8-11)19-10-18-12/h4-5,8,15H,3,6-7,9-10H2,1-2H3. The minimum Gasteiger partial charge on any atom is -0.454 e. The molecular weight excluding hydrogens is 244 g/mol. The van der Waals surface area contributed by atoms with E-state index in [1.165, 1.54) is 0 Å². The molecule has 1 aromatic rings. The molecule has 1 amide bonds. The van der Waals surface area contributed by atoms with Gasteiger partial charge in [-0.2, -0.15) is 0 Å². The summed E-state index contributed by atoms with van der Waals surface area (Å²) >= 11 is 0. The van der Waals surface area contributed by atoms with E-state index in [1.54, 1.807) is 4.90 Å². The van der Waals surface area contributed by atoms with Crippen molar-refractivity contribution < 1.29 is 14.3 Å². The molecule has 1 heterocycles. The quantitative estimate of drug-likeness (QED) is 0.833. The highest BCUT2D eigenvalue weighted by atomic mass is 16.7. The topological polar surface area (TPSA) is 50.8 Å². The zero-order valence-corrected chi connectivity index (χ0v) is 11.4. The molecule has 1 aromatic carbocycles. The summed E-state index contributed by atoms with van der Waals surface area (Å²) in [4.78, 5) is 13.5. The van der Waals surface area contributed by atoms with Gasteiger partial charge in [0.05, 0.1) is 6.54 Å². The number of nitrogens with one attached hydrogen (secondary N) is 1. The van der Waals surface area contributed by atoms with Gasteiger partial charge >= 0.3 is 0 Å². The lowest BCUT2D eigenvalue weighted by Gasteiger charge is -2.17. The number of hydrogen-bond donors (Lipinski definition) is 1. The van der Waals surface area contributed by atoms with E-state index in [-0.39, 0.29) is 5.91 Å². The van der Waals surface area contributed by atoms with Gasteiger partial charge in [0.1, 0.15) is 0 Å². The van der Waals surface area contributed by atoms with E-state index in [0.717, 1.165) is 30.0 Å². The van der Waals surface area contributed by atoms with Crippen LogP contribution in [0, 0.1) is 0 Å². The largest absolute Gasteiger partial charge is 0.454 e. The van der Waals surface area contributed by atoms with Gasteiger partial charge < -0.3 is 19.7 Å². The lowest BCUT2D eigenvalue weighted by atomic mass is 10.1. The molecule has 0 unspecified atom stereocenters. The Hall–Kier alpha value is -1.75. The molecule has 0 spiro atoms.